The number of hydrogen-bond donors (Lipinski definition) is 0. The summed E-state index contributed by atoms with van der Waals surface area (Å²) >= 11 is 0.814. The summed E-state index contributed by atoms with van der Waals surface area (Å²) in [4.78, 5) is 19.9. The Labute approximate surface area is 192 Å². The summed E-state index contributed by atoms with van der Waals surface area (Å²) in [5, 5.41) is 0.244. The summed E-state index contributed by atoms with van der Waals surface area (Å²) in [6.07, 6.45) is -4.63. The van der Waals surface area contributed by atoms with Crippen LogP contribution in [0.2, 0.25) is 0 Å². The first-order chi connectivity index (χ1) is 14.6. The summed E-state index contributed by atoms with van der Waals surface area (Å²) in [5.74, 6) is -0.582. The molecule has 0 saturated carbocycles. The molecular weight excluding hydrogens is 435 g/mol. The zero-order chi connectivity index (χ0) is 24.1. The molecule has 0 N–H and O–H groups in total. The topological polar surface area (TPSA) is 36.4 Å². The zero-order valence-corrected chi connectivity index (χ0v) is 20.7. The maximum absolute atomic E-state index is 13.3. The van der Waals surface area contributed by atoms with Crippen LogP contribution in [-0.4, -0.2) is 42.0 Å². The maximum atomic E-state index is 13.3. The number of aryl methyl sites for hydroxylation is 1. The molecule has 0 unspecified atom stereocenters. The van der Waals surface area contributed by atoms with Crippen molar-refractivity contribution in [2.75, 3.05) is 31.1 Å². The molecule has 1 amide bonds. The molecule has 4 nitrogen and oxygen atoms in total. The first kappa shape index (κ1) is 24.6. The van der Waals surface area contributed by atoms with Gasteiger partial charge in [0.25, 0.3) is 5.91 Å². The van der Waals surface area contributed by atoms with E-state index < -0.39 is 17.8 Å². The van der Waals surface area contributed by atoms with Gasteiger partial charge in [0.15, 0.2) is 5.69 Å². The van der Waals surface area contributed by atoms with Crippen molar-refractivity contribution in [3.8, 4) is 0 Å². The molecule has 0 atom stereocenters. The molecule has 8 heteroatoms. The van der Waals surface area contributed by atoms with E-state index in [2.05, 4.69) is 69.6 Å². The molecule has 0 bridgehead atoms. The summed E-state index contributed by atoms with van der Waals surface area (Å²) < 4.78 is 39.9. The average molecular weight is 468 g/mol. The van der Waals surface area contributed by atoms with E-state index >= 15 is 0 Å². The van der Waals surface area contributed by atoms with Gasteiger partial charge in [-0.2, -0.15) is 13.2 Å². The number of piperazine rings is 1. The highest BCUT2D eigenvalue weighted by molar-refractivity contribution is 7.13. The average Bonchev–Trinajstić information content (AvgIpc) is 3.08. The van der Waals surface area contributed by atoms with Gasteiger partial charge in [0.05, 0.1) is 5.01 Å². The van der Waals surface area contributed by atoms with Gasteiger partial charge in [0, 0.05) is 31.9 Å². The number of halogens is 3. The number of thiazole rings is 1. The fourth-order valence-corrected chi connectivity index (χ4v) is 4.64. The van der Waals surface area contributed by atoms with Crippen LogP contribution in [0.1, 0.15) is 73.0 Å². The van der Waals surface area contributed by atoms with Crippen LogP contribution in [-0.2, 0) is 17.0 Å². The lowest BCUT2D eigenvalue weighted by molar-refractivity contribution is -0.141. The second-order valence-electron chi connectivity index (χ2n) is 10.5. The lowest BCUT2D eigenvalue weighted by Gasteiger charge is -2.37. The van der Waals surface area contributed by atoms with Crippen molar-refractivity contribution in [1.82, 2.24) is 9.88 Å². The molecule has 1 saturated heterocycles. The number of anilines is 1. The molecule has 3 rings (SSSR count). The maximum Gasteiger partial charge on any atom is 0.435 e. The van der Waals surface area contributed by atoms with Gasteiger partial charge in [-0.3, -0.25) is 4.79 Å². The summed E-state index contributed by atoms with van der Waals surface area (Å²) in [5.41, 5.74) is 2.50. The highest BCUT2D eigenvalue weighted by Gasteiger charge is 2.40. The molecule has 1 aromatic heterocycles. The second kappa shape index (κ2) is 8.36. The number of carbonyl (C=O) groups is 1. The SMILES string of the molecule is Cc1nc(C(F)(F)F)c(C(=O)N2CCN(c3cc(C(C)(C)C)cc(C(C)(C)C)c3)CC2)s1. The predicted molar refractivity (Wildman–Crippen MR) is 124 cm³/mol. The fourth-order valence-electron chi connectivity index (χ4n) is 3.74. The molecule has 0 spiro atoms. The monoisotopic (exact) mass is 467 g/mol. The molecule has 1 aliphatic rings. The fraction of sp³-hybridized carbons (Fsp3) is 0.583. The van der Waals surface area contributed by atoms with Gasteiger partial charge in [0.1, 0.15) is 4.88 Å². The van der Waals surface area contributed by atoms with Crippen LogP contribution in [0.3, 0.4) is 0 Å². The van der Waals surface area contributed by atoms with Gasteiger partial charge in [-0.15, -0.1) is 11.3 Å². The molecule has 32 heavy (non-hydrogen) atoms. The highest BCUT2D eigenvalue weighted by Crippen LogP contribution is 2.36. The van der Waals surface area contributed by atoms with Gasteiger partial charge >= 0.3 is 6.18 Å². The third-order valence-corrected chi connectivity index (χ3v) is 6.74. The summed E-state index contributed by atoms with van der Waals surface area (Å²) in [6.45, 7) is 16.5. The number of aromatic nitrogens is 1. The lowest BCUT2D eigenvalue weighted by atomic mass is 9.80. The molecule has 1 aliphatic heterocycles. The Morgan fingerprint density at radius 2 is 1.41 bits per heavy atom. The van der Waals surface area contributed by atoms with Crippen LogP contribution in [0.5, 0.6) is 0 Å². The lowest BCUT2D eigenvalue weighted by Crippen LogP contribution is -2.49. The molecule has 176 valence electrons. The Morgan fingerprint density at radius 3 is 1.84 bits per heavy atom. The molecule has 2 heterocycles. The minimum absolute atomic E-state index is 0.00811. The highest BCUT2D eigenvalue weighted by atomic mass is 32.1. The minimum Gasteiger partial charge on any atom is -0.368 e. The predicted octanol–water partition coefficient (Wildman–Crippen LogP) is 6.03. The van der Waals surface area contributed by atoms with Crippen LogP contribution in [0.15, 0.2) is 18.2 Å². The number of amides is 1. The first-order valence-electron chi connectivity index (χ1n) is 10.8. The van der Waals surface area contributed by atoms with Crippen LogP contribution in [0.25, 0.3) is 0 Å². The normalized spacial score (nSPS) is 15.9. The van der Waals surface area contributed by atoms with Crippen molar-refractivity contribution in [3.05, 3.63) is 44.9 Å². The standard InChI is InChI=1S/C24H32F3N3OS/c1-15-28-20(24(25,26)27)19(32-15)21(31)30-10-8-29(9-11-30)18-13-16(22(2,3)4)12-17(14-18)23(5,6)7/h12-14H,8-11H2,1-7H3. The molecule has 2 aromatic rings. The van der Waals surface area contributed by atoms with Crippen molar-refractivity contribution in [2.45, 2.75) is 65.5 Å². The minimum atomic E-state index is -4.63. The summed E-state index contributed by atoms with van der Waals surface area (Å²) in [6, 6.07) is 6.65. The van der Waals surface area contributed by atoms with Gasteiger partial charge < -0.3 is 9.80 Å². The Morgan fingerprint density at radius 1 is 0.906 bits per heavy atom. The molecule has 1 aromatic carbocycles. The molecule has 0 aliphatic carbocycles. The largest absolute Gasteiger partial charge is 0.435 e. The number of nitrogens with zero attached hydrogens (tertiary/aromatic N) is 3. The smallest absolute Gasteiger partial charge is 0.368 e. The van der Waals surface area contributed by atoms with E-state index in [4.69, 9.17) is 0 Å². The van der Waals surface area contributed by atoms with E-state index in [0.717, 1.165) is 17.0 Å². The number of hydrogen-bond acceptors (Lipinski definition) is 4. The number of rotatable bonds is 2. The van der Waals surface area contributed by atoms with Crippen LogP contribution >= 0.6 is 11.3 Å². The Hall–Kier alpha value is -2.09. The molecule has 0 radical (unpaired) electrons. The van der Waals surface area contributed by atoms with Gasteiger partial charge in [-0.05, 0) is 41.0 Å². The third-order valence-electron chi connectivity index (χ3n) is 5.78. The second-order valence-corrected chi connectivity index (χ2v) is 11.7. The van der Waals surface area contributed by atoms with Crippen LogP contribution in [0.4, 0.5) is 18.9 Å². The Kier molecular flexibility index (Phi) is 6.41. The number of alkyl halides is 3. The van der Waals surface area contributed by atoms with E-state index in [1.54, 1.807) is 0 Å². The Balaban J connectivity index is 1.81. The van der Waals surface area contributed by atoms with Crippen molar-refractivity contribution in [2.24, 2.45) is 0 Å². The van der Waals surface area contributed by atoms with E-state index in [1.807, 2.05) is 0 Å². The van der Waals surface area contributed by atoms with Gasteiger partial charge in [-0.25, -0.2) is 4.98 Å². The van der Waals surface area contributed by atoms with E-state index in [1.165, 1.54) is 23.0 Å². The number of benzene rings is 1. The van der Waals surface area contributed by atoms with Gasteiger partial charge in [0.2, 0.25) is 0 Å². The van der Waals surface area contributed by atoms with Crippen LogP contribution in [0, 0.1) is 6.92 Å². The van der Waals surface area contributed by atoms with E-state index in [0.29, 0.717) is 26.2 Å². The number of carbonyl (C=O) groups excluding carboxylic acids is 1. The van der Waals surface area contributed by atoms with E-state index in [-0.39, 0.29) is 20.7 Å². The van der Waals surface area contributed by atoms with E-state index in [9.17, 15) is 18.0 Å². The van der Waals surface area contributed by atoms with Crippen LogP contribution < -0.4 is 4.90 Å². The summed E-state index contributed by atoms with van der Waals surface area (Å²) in [7, 11) is 0. The molecule has 1 fully saturated rings. The van der Waals surface area contributed by atoms with Crippen molar-refractivity contribution < 1.29 is 18.0 Å². The third kappa shape index (κ3) is 5.27. The first-order valence-corrected chi connectivity index (χ1v) is 11.6. The van der Waals surface area contributed by atoms with Gasteiger partial charge in [-0.1, -0.05) is 47.6 Å². The quantitative estimate of drug-likeness (QED) is 0.541. The Bertz CT molecular complexity index is 959. The van der Waals surface area contributed by atoms with Crippen molar-refractivity contribution >= 4 is 22.9 Å². The zero-order valence-electron chi connectivity index (χ0n) is 19.9. The van der Waals surface area contributed by atoms with Crippen molar-refractivity contribution in [1.29, 1.82) is 0 Å². The van der Waals surface area contributed by atoms with Crippen molar-refractivity contribution in [3.63, 3.8) is 0 Å². The molecular formula is C24H32F3N3OS.